The molecular formula is C17H30N2O. The lowest BCUT2D eigenvalue weighted by atomic mass is 9.77. The van der Waals surface area contributed by atoms with Crippen LogP contribution in [0.2, 0.25) is 0 Å². The van der Waals surface area contributed by atoms with Crippen molar-refractivity contribution in [3.05, 3.63) is 22.8 Å². The first-order valence-electron chi connectivity index (χ1n) is 7.75. The number of allylic oxidation sites excluding steroid dienone is 4. The van der Waals surface area contributed by atoms with E-state index >= 15 is 0 Å². The van der Waals surface area contributed by atoms with Crippen LogP contribution >= 0.6 is 0 Å². The SMILES string of the molecule is CC1=CC(C)=C(C)C1(C)CCNC(=O)CCCCCN. The Kier molecular flexibility index (Phi) is 6.47. The fourth-order valence-corrected chi connectivity index (χ4v) is 2.85. The Morgan fingerprint density at radius 1 is 1.25 bits per heavy atom. The molecule has 3 nitrogen and oxygen atoms in total. The maximum absolute atomic E-state index is 11.7. The number of amides is 1. The zero-order valence-electron chi connectivity index (χ0n) is 13.5. The average Bonchev–Trinajstić information content (AvgIpc) is 2.59. The molecule has 0 heterocycles. The summed E-state index contributed by atoms with van der Waals surface area (Å²) in [5, 5.41) is 3.05. The molecule has 3 N–H and O–H groups in total. The summed E-state index contributed by atoms with van der Waals surface area (Å²) in [5.74, 6) is 0.170. The number of nitrogens with one attached hydrogen (secondary N) is 1. The zero-order valence-corrected chi connectivity index (χ0v) is 13.5. The first-order valence-corrected chi connectivity index (χ1v) is 7.75. The number of nitrogens with two attached hydrogens (primary N) is 1. The number of rotatable bonds is 8. The highest BCUT2D eigenvalue weighted by atomic mass is 16.1. The molecule has 0 saturated heterocycles. The van der Waals surface area contributed by atoms with E-state index in [9.17, 15) is 4.79 Å². The van der Waals surface area contributed by atoms with Crippen molar-refractivity contribution < 1.29 is 4.79 Å². The van der Waals surface area contributed by atoms with Crippen molar-refractivity contribution in [3.63, 3.8) is 0 Å². The van der Waals surface area contributed by atoms with Gasteiger partial charge in [-0.3, -0.25) is 4.79 Å². The van der Waals surface area contributed by atoms with Crippen molar-refractivity contribution in [2.45, 2.75) is 59.8 Å². The highest BCUT2D eigenvalue weighted by Gasteiger charge is 2.32. The van der Waals surface area contributed by atoms with E-state index in [4.69, 9.17) is 5.73 Å². The third-order valence-corrected chi connectivity index (χ3v) is 4.78. The van der Waals surface area contributed by atoms with Crippen molar-refractivity contribution in [1.29, 1.82) is 0 Å². The van der Waals surface area contributed by atoms with Gasteiger partial charge in [0.25, 0.3) is 0 Å². The van der Waals surface area contributed by atoms with Crippen LogP contribution in [0.3, 0.4) is 0 Å². The second-order valence-corrected chi connectivity index (χ2v) is 6.17. The van der Waals surface area contributed by atoms with E-state index < -0.39 is 0 Å². The molecule has 114 valence electrons. The topological polar surface area (TPSA) is 55.1 Å². The highest BCUT2D eigenvalue weighted by Crippen LogP contribution is 2.44. The number of hydrogen-bond acceptors (Lipinski definition) is 2. The summed E-state index contributed by atoms with van der Waals surface area (Å²) >= 11 is 0. The molecule has 1 amide bonds. The molecular weight excluding hydrogens is 248 g/mol. The van der Waals surface area contributed by atoms with Gasteiger partial charge >= 0.3 is 0 Å². The van der Waals surface area contributed by atoms with Gasteiger partial charge in [0.2, 0.25) is 5.91 Å². The molecule has 1 atom stereocenters. The molecule has 1 rings (SSSR count). The van der Waals surface area contributed by atoms with Crippen LogP contribution in [-0.2, 0) is 4.79 Å². The maximum Gasteiger partial charge on any atom is 0.219 e. The number of carbonyl (C=O) groups is 1. The molecule has 1 aliphatic carbocycles. The van der Waals surface area contributed by atoms with Crippen molar-refractivity contribution in [1.82, 2.24) is 5.32 Å². The number of hydrogen-bond donors (Lipinski definition) is 2. The maximum atomic E-state index is 11.7. The molecule has 0 radical (unpaired) electrons. The van der Waals surface area contributed by atoms with E-state index in [1.165, 1.54) is 16.7 Å². The van der Waals surface area contributed by atoms with Crippen molar-refractivity contribution in [2.24, 2.45) is 11.1 Å². The van der Waals surface area contributed by atoms with Gasteiger partial charge in [-0.15, -0.1) is 0 Å². The minimum atomic E-state index is 0.122. The molecule has 3 heteroatoms. The van der Waals surface area contributed by atoms with E-state index in [0.29, 0.717) is 6.42 Å². The van der Waals surface area contributed by atoms with Gasteiger partial charge < -0.3 is 11.1 Å². The third kappa shape index (κ3) is 4.20. The Labute approximate surface area is 123 Å². The van der Waals surface area contributed by atoms with Gasteiger partial charge in [0.05, 0.1) is 0 Å². The van der Waals surface area contributed by atoms with Crippen LogP contribution in [0.25, 0.3) is 0 Å². The second kappa shape index (κ2) is 7.63. The first kappa shape index (κ1) is 17.0. The Morgan fingerprint density at radius 2 is 1.95 bits per heavy atom. The summed E-state index contributed by atoms with van der Waals surface area (Å²) < 4.78 is 0. The monoisotopic (exact) mass is 278 g/mol. The number of carbonyl (C=O) groups excluding carboxylic acids is 1. The Bertz CT molecular complexity index is 409. The fourth-order valence-electron chi connectivity index (χ4n) is 2.85. The standard InChI is InChI=1S/C17H30N2O/c1-13-12-14(2)17(4,15(13)3)9-11-19-16(20)8-6-5-7-10-18/h12H,5-11,18H2,1-4H3,(H,19,20). The Hall–Kier alpha value is -1.09. The van der Waals surface area contributed by atoms with Gasteiger partial charge in [-0.25, -0.2) is 0 Å². The average molecular weight is 278 g/mol. The van der Waals surface area contributed by atoms with Crippen LogP contribution in [0.15, 0.2) is 22.8 Å². The minimum absolute atomic E-state index is 0.122. The summed E-state index contributed by atoms with van der Waals surface area (Å²) in [4.78, 5) is 11.7. The van der Waals surface area contributed by atoms with E-state index in [1.54, 1.807) is 0 Å². The van der Waals surface area contributed by atoms with Crippen molar-refractivity contribution in [3.8, 4) is 0 Å². The summed E-state index contributed by atoms with van der Waals surface area (Å²) in [6, 6.07) is 0. The van der Waals surface area contributed by atoms with Crippen LogP contribution in [0.5, 0.6) is 0 Å². The molecule has 0 fully saturated rings. The Morgan fingerprint density at radius 3 is 2.50 bits per heavy atom. The van der Waals surface area contributed by atoms with Crippen molar-refractivity contribution in [2.75, 3.05) is 13.1 Å². The molecule has 1 aliphatic rings. The fraction of sp³-hybridized carbons (Fsp3) is 0.706. The quantitative estimate of drug-likeness (QED) is 0.669. The molecule has 0 aromatic heterocycles. The summed E-state index contributed by atoms with van der Waals surface area (Å²) in [6.07, 6.45) is 6.87. The van der Waals surface area contributed by atoms with Gasteiger partial charge in [-0.1, -0.05) is 36.1 Å². The molecule has 0 bridgehead atoms. The third-order valence-electron chi connectivity index (χ3n) is 4.78. The second-order valence-electron chi connectivity index (χ2n) is 6.17. The van der Waals surface area contributed by atoms with E-state index in [1.807, 2.05) is 0 Å². The van der Waals surface area contributed by atoms with Crippen LogP contribution in [0.1, 0.15) is 59.8 Å². The molecule has 0 saturated carbocycles. The summed E-state index contributed by atoms with van der Waals surface area (Å²) in [6.45, 7) is 10.3. The summed E-state index contributed by atoms with van der Waals surface area (Å²) in [7, 11) is 0. The van der Waals surface area contributed by atoms with Gasteiger partial charge in [0.1, 0.15) is 0 Å². The predicted octanol–water partition coefficient (Wildman–Crippen LogP) is 3.31. The van der Waals surface area contributed by atoms with Gasteiger partial charge in [-0.05, 0) is 46.6 Å². The van der Waals surface area contributed by atoms with Crippen LogP contribution in [0, 0.1) is 5.41 Å². The Balaban J connectivity index is 2.31. The largest absolute Gasteiger partial charge is 0.356 e. The van der Waals surface area contributed by atoms with E-state index in [2.05, 4.69) is 39.1 Å². The lowest BCUT2D eigenvalue weighted by molar-refractivity contribution is -0.121. The van der Waals surface area contributed by atoms with Gasteiger partial charge in [0, 0.05) is 18.4 Å². The highest BCUT2D eigenvalue weighted by molar-refractivity contribution is 5.75. The molecule has 0 aromatic carbocycles. The summed E-state index contributed by atoms with van der Waals surface area (Å²) in [5.41, 5.74) is 9.78. The molecule has 0 aromatic rings. The lowest BCUT2D eigenvalue weighted by Crippen LogP contribution is -2.29. The van der Waals surface area contributed by atoms with Crippen LogP contribution in [-0.4, -0.2) is 19.0 Å². The normalized spacial score (nSPS) is 22.1. The minimum Gasteiger partial charge on any atom is -0.356 e. The van der Waals surface area contributed by atoms with Crippen LogP contribution in [0.4, 0.5) is 0 Å². The van der Waals surface area contributed by atoms with Gasteiger partial charge in [-0.2, -0.15) is 0 Å². The van der Waals surface area contributed by atoms with E-state index in [0.717, 1.165) is 38.8 Å². The van der Waals surface area contributed by atoms with Crippen molar-refractivity contribution >= 4 is 5.91 Å². The zero-order chi connectivity index (χ0) is 15.2. The van der Waals surface area contributed by atoms with Crippen LogP contribution < -0.4 is 11.1 Å². The molecule has 1 unspecified atom stereocenters. The molecule has 20 heavy (non-hydrogen) atoms. The lowest BCUT2D eigenvalue weighted by Gasteiger charge is -2.29. The predicted molar refractivity (Wildman–Crippen MR) is 85.4 cm³/mol. The van der Waals surface area contributed by atoms with E-state index in [-0.39, 0.29) is 11.3 Å². The molecule has 0 aliphatic heterocycles. The number of unbranched alkanes of at least 4 members (excludes halogenated alkanes) is 2. The first-order chi connectivity index (χ1) is 9.41. The smallest absolute Gasteiger partial charge is 0.219 e. The van der Waals surface area contributed by atoms with Gasteiger partial charge in [0.15, 0.2) is 0 Å². The molecule has 0 spiro atoms.